The second kappa shape index (κ2) is 9.08. The third kappa shape index (κ3) is 6.04. The van der Waals surface area contributed by atoms with Gasteiger partial charge in [0.05, 0.1) is 5.71 Å². The summed E-state index contributed by atoms with van der Waals surface area (Å²) in [6.45, 7) is 2.58. The standard InChI is InChI=1S/C18H21BrN4O/c1-13(14-4-8-16(20)9-5-14)22-23-18(24)3-2-12-21-17-10-6-15(19)7-11-17/h4-11,21H,2-3,12,20H2,1H3,(H,23,24)/b22-13+. The predicted octanol–water partition coefficient (Wildman–Crippen LogP) is 3.76. The van der Waals surface area contributed by atoms with Crippen molar-refractivity contribution in [3.63, 3.8) is 0 Å². The van der Waals surface area contributed by atoms with Crippen LogP contribution in [0.2, 0.25) is 0 Å². The summed E-state index contributed by atoms with van der Waals surface area (Å²) in [5, 5.41) is 7.40. The highest BCUT2D eigenvalue weighted by Crippen LogP contribution is 2.14. The highest BCUT2D eigenvalue weighted by atomic mass is 79.9. The van der Waals surface area contributed by atoms with Gasteiger partial charge in [0.2, 0.25) is 5.91 Å². The fraction of sp³-hybridized carbons (Fsp3) is 0.222. The fourth-order valence-electron chi connectivity index (χ4n) is 2.04. The molecule has 0 aliphatic heterocycles. The first-order chi connectivity index (χ1) is 11.5. The van der Waals surface area contributed by atoms with Crippen molar-refractivity contribution < 1.29 is 4.79 Å². The zero-order chi connectivity index (χ0) is 17.4. The summed E-state index contributed by atoms with van der Waals surface area (Å²) in [6.07, 6.45) is 1.15. The van der Waals surface area contributed by atoms with Crippen molar-refractivity contribution in [1.29, 1.82) is 0 Å². The van der Waals surface area contributed by atoms with Gasteiger partial charge in [-0.2, -0.15) is 5.10 Å². The Morgan fingerprint density at radius 2 is 1.79 bits per heavy atom. The van der Waals surface area contributed by atoms with Gasteiger partial charge in [0.15, 0.2) is 0 Å². The topological polar surface area (TPSA) is 79.5 Å². The lowest BCUT2D eigenvalue weighted by Crippen LogP contribution is -2.20. The van der Waals surface area contributed by atoms with Gasteiger partial charge in [-0.3, -0.25) is 4.79 Å². The van der Waals surface area contributed by atoms with E-state index in [1.54, 1.807) is 0 Å². The number of hydrogen-bond acceptors (Lipinski definition) is 4. The highest BCUT2D eigenvalue weighted by molar-refractivity contribution is 9.10. The van der Waals surface area contributed by atoms with E-state index in [2.05, 4.69) is 31.8 Å². The van der Waals surface area contributed by atoms with Gasteiger partial charge in [0.1, 0.15) is 0 Å². The minimum absolute atomic E-state index is 0.0950. The lowest BCUT2D eigenvalue weighted by Gasteiger charge is -2.06. The maximum atomic E-state index is 11.8. The van der Waals surface area contributed by atoms with Crippen LogP contribution in [0.25, 0.3) is 0 Å². The van der Waals surface area contributed by atoms with E-state index < -0.39 is 0 Å². The van der Waals surface area contributed by atoms with Gasteiger partial charge in [0.25, 0.3) is 0 Å². The normalized spacial score (nSPS) is 11.2. The van der Waals surface area contributed by atoms with Crippen LogP contribution < -0.4 is 16.5 Å². The Morgan fingerprint density at radius 3 is 2.46 bits per heavy atom. The Balaban J connectivity index is 1.70. The summed E-state index contributed by atoms with van der Waals surface area (Å²) < 4.78 is 1.04. The number of hydrogen-bond donors (Lipinski definition) is 3. The Hall–Kier alpha value is -2.34. The number of benzene rings is 2. The van der Waals surface area contributed by atoms with E-state index in [0.29, 0.717) is 12.1 Å². The summed E-state index contributed by atoms with van der Waals surface area (Å²) in [5.74, 6) is -0.0950. The van der Waals surface area contributed by atoms with Crippen LogP contribution in [0.4, 0.5) is 11.4 Å². The smallest absolute Gasteiger partial charge is 0.240 e. The van der Waals surface area contributed by atoms with Crippen molar-refractivity contribution in [3.05, 3.63) is 58.6 Å². The molecule has 0 saturated carbocycles. The molecule has 1 amide bonds. The Kier molecular flexibility index (Phi) is 6.81. The van der Waals surface area contributed by atoms with Gasteiger partial charge < -0.3 is 11.1 Å². The molecular weight excluding hydrogens is 368 g/mol. The lowest BCUT2D eigenvalue weighted by molar-refractivity contribution is -0.121. The molecule has 0 aromatic heterocycles. The number of carbonyl (C=O) groups excluding carboxylic acids is 1. The van der Waals surface area contributed by atoms with E-state index in [9.17, 15) is 4.79 Å². The molecule has 0 fully saturated rings. The van der Waals surface area contributed by atoms with E-state index >= 15 is 0 Å². The molecule has 126 valence electrons. The predicted molar refractivity (Wildman–Crippen MR) is 103 cm³/mol. The maximum Gasteiger partial charge on any atom is 0.240 e. The van der Waals surface area contributed by atoms with Gasteiger partial charge >= 0.3 is 0 Å². The van der Waals surface area contributed by atoms with Crippen LogP contribution in [0.15, 0.2) is 58.1 Å². The zero-order valence-electron chi connectivity index (χ0n) is 13.6. The molecule has 0 radical (unpaired) electrons. The van der Waals surface area contributed by atoms with E-state index in [1.165, 1.54) is 0 Å². The number of nitrogens with one attached hydrogen (secondary N) is 2. The van der Waals surface area contributed by atoms with Crippen LogP contribution in [-0.2, 0) is 4.79 Å². The first-order valence-electron chi connectivity index (χ1n) is 7.73. The van der Waals surface area contributed by atoms with Gasteiger partial charge in [0, 0.05) is 28.8 Å². The van der Waals surface area contributed by atoms with E-state index in [1.807, 2.05) is 55.5 Å². The molecule has 2 aromatic carbocycles. The summed E-state index contributed by atoms with van der Waals surface area (Å²) >= 11 is 3.40. The van der Waals surface area contributed by atoms with Gasteiger partial charge in [-0.15, -0.1) is 0 Å². The molecule has 0 heterocycles. The monoisotopic (exact) mass is 388 g/mol. The molecule has 24 heavy (non-hydrogen) atoms. The van der Waals surface area contributed by atoms with E-state index in [-0.39, 0.29) is 5.91 Å². The first-order valence-corrected chi connectivity index (χ1v) is 8.52. The zero-order valence-corrected chi connectivity index (χ0v) is 15.1. The molecule has 4 N–H and O–H groups in total. The number of hydrazone groups is 1. The molecule has 0 spiro atoms. The SMILES string of the molecule is C/C(=N\NC(=O)CCCNc1ccc(Br)cc1)c1ccc(N)cc1. The molecular formula is C18H21BrN4O. The van der Waals surface area contributed by atoms with Crippen LogP contribution >= 0.6 is 15.9 Å². The summed E-state index contributed by atoms with van der Waals surface area (Å²) in [6, 6.07) is 15.3. The molecule has 5 nitrogen and oxygen atoms in total. The second-order valence-corrected chi connectivity index (χ2v) is 6.31. The Labute approximate surface area is 150 Å². The number of rotatable bonds is 7. The largest absolute Gasteiger partial charge is 0.399 e. The van der Waals surface area contributed by atoms with Crippen molar-refractivity contribution in [1.82, 2.24) is 5.43 Å². The summed E-state index contributed by atoms with van der Waals surface area (Å²) in [7, 11) is 0. The van der Waals surface area contributed by atoms with Crippen LogP contribution in [0, 0.1) is 0 Å². The fourth-order valence-corrected chi connectivity index (χ4v) is 2.30. The minimum atomic E-state index is -0.0950. The molecule has 0 aliphatic rings. The van der Waals surface area contributed by atoms with Gasteiger partial charge in [-0.1, -0.05) is 28.1 Å². The van der Waals surface area contributed by atoms with E-state index in [4.69, 9.17) is 5.73 Å². The van der Waals surface area contributed by atoms with Gasteiger partial charge in [-0.05, 0) is 55.3 Å². The lowest BCUT2D eigenvalue weighted by atomic mass is 10.1. The average molecular weight is 389 g/mol. The molecule has 6 heteroatoms. The minimum Gasteiger partial charge on any atom is -0.399 e. The molecule has 0 aliphatic carbocycles. The highest BCUT2D eigenvalue weighted by Gasteiger charge is 2.02. The van der Waals surface area contributed by atoms with Crippen molar-refractivity contribution in [3.8, 4) is 0 Å². The van der Waals surface area contributed by atoms with Crippen molar-refractivity contribution in [2.45, 2.75) is 19.8 Å². The summed E-state index contributed by atoms with van der Waals surface area (Å²) in [4.78, 5) is 11.8. The Bertz CT molecular complexity index is 696. The number of nitrogens with two attached hydrogens (primary N) is 1. The quantitative estimate of drug-likeness (QED) is 0.292. The van der Waals surface area contributed by atoms with Gasteiger partial charge in [-0.25, -0.2) is 5.43 Å². The molecule has 2 rings (SSSR count). The number of anilines is 2. The van der Waals surface area contributed by atoms with Crippen molar-refractivity contribution in [2.75, 3.05) is 17.6 Å². The second-order valence-electron chi connectivity index (χ2n) is 5.39. The average Bonchev–Trinajstić information content (AvgIpc) is 2.59. The molecule has 2 aromatic rings. The number of halogens is 1. The third-order valence-corrected chi connectivity index (χ3v) is 3.96. The molecule has 0 atom stereocenters. The molecule has 0 saturated heterocycles. The molecule has 0 bridgehead atoms. The third-order valence-electron chi connectivity index (χ3n) is 3.43. The Morgan fingerprint density at radius 1 is 1.12 bits per heavy atom. The van der Waals surface area contributed by atoms with Crippen LogP contribution in [0.1, 0.15) is 25.3 Å². The van der Waals surface area contributed by atoms with Crippen molar-refractivity contribution in [2.24, 2.45) is 5.10 Å². The maximum absolute atomic E-state index is 11.8. The first kappa shape index (κ1) is 18.0. The molecule has 0 unspecified atom stereocenters. The number of amides is 1. The van der Waals surface area contributed by atoms with Crippen LogP contribution in [0.3, 0.4) is 0 Å². The van der Waals surface area contributed by atoms with Crippen LogP contribution in [0.5, 0.6) is 0 Å². The summed E-state index contributed by atoms with van der Waals surface area (Å²) in [5.41, 5.74) is 11.7. The van der Waals surface area contributed by atoms with Crippen LogP contribution in [-0.4, -0.2) is 18.2 Å². The number of carbonyl (C=O) groups is 1. The van der Waals surface area contributed by atoms with Crippen molar-refractivity contribution >= 4 is 38.9 Å². The number of nitrogen functional groups attached to an aromatic ring is 1. The van der Waals surface area contributed by atoms with E-state index in [0.717, 1.165) is 34.4 Å². The number of nitrogens with zero attached hydrogens (tertiary/aromatic N) is 1.